The van der Waals surface area contributed by atoms with Gasteiger partial charge in [-0.2, -0.15) is 0 Å². The summed E-state index contributed by atoms with van der Waals surface area (Å²) in [5.74, 6) is -0.152. The Kier molecular flexibility index (Phi) is 7.17. The molecule has 1 aromatic heterocycles. The van der Waals surface area contributed by atoms with Crippen molar-refractivity contribution >= 4 is 18.3 Å². The summed E-state index contributed by atoms with van der Waals surface area (Å²) in [6.45, 7) is 6.89. The Balaban J connectivity index is 0.00000243. The summed E-state index contributed by atoms with van der Waals surface area (Å²) < 4.78 is 1.84. The fourth-order valence-electron chi connectivity index (χ4n) is 3.25. The molecule has 1 saturated heterocycles. The number of aromatic nitrogens is 3. The van der Waals surface area contributed by atoms with Gasteiger partial charge >= 0.3 is 0 Å². The molecule has 2 heterocycles. The van der Waals surface area contributed by atoms with Gasteiger partial charge in [0.05, 0.1) is 12.2 Å². The van der Waals surface area contributed by atoms with E-state index in [0.717, 1.165) is 32.4 Å². The highest BCUT2D eigenvalue weighted by molar-refractivity contribution is 5.91. The van der Waals surface area contributed by atoms with E-state index in [4.69, 9.17) is 0 Å². The predicted molar refractivity (Wildman–Crippen MR) is 105 cm³/mol. The normalized spacial score (nSPS) is 15.3. The Morgan fingerprint density at radius 2 is 1.96 bits per heavy atom. The van der Waals surface area contributed by atoms with Gasteiger partial charge in [0.25, 0.3) is 5.91 Å². The molecule has 0 atom stereocenters. The zero-order chi connectivity index (χ0) is 17.7. The highest BCUT2D eigenvalue weighted by Gasteiger charge is 2.22. The molecule has 1 aliphatic heterocycles. The molecule has 1 aliphatic rings. The van der Waals surface area contributed by atoms with Gasteiger partial charge in [-0.25, -0.2) is 4.68 Å². The summed E-state index contributed by atoms with van der Waals surface area (Å²) in [4.78, 5) is 12.4. The highest BCUT2D eigenvalue weighted by atomic mass is 35.5. The van der Waals surface area contributed by atoms with Crippen molar-refractivity contribution in [2.24, 2.45) is 5.41 Å². The van der Waals surface area contributed by atoms with Gasteiger partial charge in [-0.15, -0.1) is 17.5 Å². The number of carbonyl (C=O) groups excluding carboxylic acids is 1. The van der Waals surface area contributed by atoms with Crippen LogP contribution in [-0.4, -0.2) is 40.5 Å². The van der Waals surface area contributed by atoms with E-state index in [9.17, 15) is 4.79 Å². The van der Waals surface area contributed by atoms with E-state index >= 15 is 0 Å². The maximum atomic E-state index is 12.4. The Labute approximate surface area is 161 Å². The lowest BCUT2D eigenvalue weighted by atomic mass is 9.85. The molecule has 0 radical (unpaired) electrons. The molecule has 1 fully saturated rings. The third kappa shape index (κ3) is 5.54. The van der Waals surface area contributed by atoms with Crippen LogP contribution in [0, 0.1) is 5.41 Å². The second kappa shape index (κ2) is 9.14. The summed E-state index contributed by atoms with van der Waals surface area (Å²) >= 11 is 0. The average Bonchev–Trinajstić information content (AvgIpc) is 3.11. The van der Waals surface area contributed by atoms with Crippen LogP contribution in [-0.2, 0) is 6.42 Å². The van der Waals surface area contributed by atoms with Crippen molar-refractivity contribution in [1.29, 1.82) is 0 Å². The fourth-order valence-corrected chi connectivity index (χ4v) is 3.25. The minimum Gasteiger partial charge on any atom is -0.350 e. The minimum atomic E-state index is -0.152. The maximum Gasteiger partial charge on any atom is 0.273 e. The number of halogens is 1. The van der Waals surface area contributed by atoms with Crippen LogP contribution in [0.3, 0.4) is 0 Å². The standard InChI is InChI=1S/C19H27N5O.ClH/c1-19(2,12-15-6-4-3-5-7-15)14-21-18(25)17-13-24(23-22-17)16-8-10-20-11-9-16;/h3-7,13,16,20H,8-12,14H2,1-2H3,(H,21,25);1H. The van der Waals surface area contributed by atoms with Crippen molar-refractivity contribution in [3.8, 4) is 0 Å². The molecule has 0 bridgehead atoms. The van der Waals surface area contributed by atoms with Gasteiger partial charge in [0.1, 0.15) is 0 Å². The van der Waals surface area contributed by atoms with Crippen LogP contribution < -0.4 is 10.6 Å². The van der Waals surface area contributed by atoms with E-state index in [-0.39, 0.29) is 23.7 Å². The number of hydrogen-bond acceptors (Lipinski definition) is 4. The molecular weight excluding hydrogens is 350 g/mol. The van der Waals surface area contributed by atoms with Gasteiger partial charge in [0.15, 0.2) is 5.69 Å². The molecule has 2 aromatic rings. The molecule has 0 aliphatic carbocycles. The number of carbonyl (C=O) groups is 1. The van der Waals surface area contributed by atoms with Crippen LogP contribution in [0.5, 0.6) is 0 Å². The first-order valence-corrected chi connectivity index (χ1v) is 8.98. The molecule has 7 heteroatoms. The van der Waals surface area contributed by atoms with E-state index < -0.39 is 0 Å². The fraction of sp³-hybridized carbons (Fsp3) is 0.526. The van der Waals surface area contributed by atoms with Crippen LogP contribution in [0.15, 0.2) is 36.5 Å². The van der Waals surface area contributed by atoms with Gasteiger partial charge in [0, 0.05) is 6.54 Å². The molecule has 0 saturated carbocycles. The predicted octanol–water partition coefficient (Wildman–Crippen LogP) is 2.62. The number of nitrogens with one attached hydrogen (secondary N) is 2. The second-order valence-corrected chi connectivity index (χ2v) is 7.57. The maximum absolute atomic E-state index is 12.4. The third-order valence-electron chi connectivity index (χ3n) is 4.68. The second-order valence-electron chi connectivity index (χ2n) is 7.57. The quantitative estimate of drug-likeness (QED) is 0.811. The Morgan fingerprint density at radius 1 is 1.27 bits per heavy atom. The molecule has 26 heavy (non-hydrogen) atoms. The summed E-state index contributed by atoms with van der Waals surface area (Å²) in [6.07, 6.45) is 4.73. The molecule has 0 spiro atoms. The zero-order valence-electron chi connectivity index (χ0n) is 15.4. The average molecular weight is 378 g/mol. The molecule has 6 nitrogen and oxygen atoms in total. The van der Waals surface area contributed by atoms with Gasteiger partial charge < -0.3 is 10.6 Å². The minimum absolute atomic E-state index is 0. The summed E-state index contributed by atoms with van der Waals surface area (Å²) in [5.41, 5.74) is 1.65. The number of hydrogen-bond donors (Lipinski definition) is 2. The smallest absolute Gasteiger partial charge is 0.273 e. The monoisotopic (exact) mass is 377 g/mol. The molecule has 1 amide bonds. The number of piperidine rings is 1. The van der Waals surface area contributed by atoms with Crippen LogP contribution in [0.4, 0.5) is 0 Å². The first-order chi connectivity index (χ1) is 12.0. The lowest BCUT2D eigenvalue weighted by Crippen LogP contribution is -2.35. The topological polar surface area (TPSA) is 71.8 Å². The highest BCUT2D eigenvalue weighted by Crippen LogP contribution is 2.21. The summed E-state index contributed by atoms with van der Waals surface area (Å²) in [5, 5.41) is 14.5. The number of rotatable bonds is 6. The molecule has 0 unspecified atom stereocenters. The van der Waals surface area contributed by atoms with Crippen LogP contribution in [0.1, 0.15) is 48.8 Å². The van der Waals surface area contributed by atoms with Crippen molar-refractivity contribution in [2.45, 2.75) is 39.2 Å². The van der Waals surface area contributed by atoms with Crippen molar-refractivity contribution < 1.29 is 4.79 Å². The van der Waals surface area contributed by atoms with Crippen molar-refractivity contribution in [3.63, 3.8) is 0 Å². The molecule has 1 aromatic carbocycles. The van der Waals surface area contributed by atoms with Crippen LogP contribution in [0.2, 0.25) is 0 Å². The number of benzene rings is 1. The third-order valence-corrected chi connectivity index (χ3v) is 4.68. The lowest BCUT2D eigenvalue weighted by molar-refractivity contribution is 0.0931. The first kappa shape index (κ1) is 20.4. The molecule has 3 rings (SSSR count). The van der Waals surface area contributed by atoms with Crippen molar-refractivity contribution in [1.82, 2.24) is 25.6 Å². The summed E-state index contributed by atoms with van der Waals surface area (Å²) in [7, 11) is 0. The van der Waals surface area contributed by atoms with Crippen molar-refractivity contribution in [3.05, 3.63) is 47.8 Å². The Morgan fingerprint density at radius 3 is 2.65 bits per heavy atom. The first-order valence-electron chi connectivity index (χ1n) is 8.98. The Hall–Kier alpha value is -1.92. The van der Waals surface area contributed by atoms with Crippen molar-refractivity contribution in [2.75, 3.05) is 19.6 Å². The van der Waals surface area contributed by atoms with E-state index in [1.165, 1.54) is 5.56 Å². The molecular formula is C19H28ClN5O. The van der Waals surface area contributed by atoms with Crippen LogP contribution in [0.25, 0.3) is 0 Å². The van der Waals surface area contributed by atoms with E-state index in [1.54, 1.807) is 6.20 Å². The van der Waals surface area contributed by atoms with Crippen LogP contribution >= 0.6 is 12.4 Å². The van der Waals surface area contributed by atoms with E-state index in [2.05, 4.69) is 46.9 Å². The lowest BCUT2D eigenvalue weighted by Gasteiger charge is -2.25. The van der Waals surface area contributed by atoms with Gasteiger partial charge in [0.2, 0.25) is 0 Å². The van der Waals surface area contributed by atoms with E-state index in [0.29, 0.717) is 18.3 Å². The number of amides is 1. The van der Waals surface area contributed by atoms with E-state index in [1.807, 2.05) is 22.9 Å². The van der Waals surface area contributed by atoms with Gasteiger partial charge in [-0.1, -0.05) is 49.4 Å². The molecule has 2 N–H and O–H groups in total. The Bertz CT molecular complexity index is 695. The largest absolute Gasteiger partial charge is 0.350 e. The van der Waals surface area contributed by atoms with Gasteiger partial charge in [-0.3, -0.25) is 4.79 Å². The van der Waals surface area contributed by atoms with Gasteiger partial charge in [-0.05, 0) is 43.3 Å². The summed E-state index contributed by atoms with van der Waals surface area (Å²) in [6, 6.07) is 10.7. The zero-order valence-corrected chi connectivity index (χ0v) is 16.3. The SMILES string of the molecule is CC(C)(CNC(=O)c1cn(C2CCNCC2)nn1)Cc1ccccc1.Cl. The number of nitrogens with zero attached hydrogens (tertiary/aromatic N) is 3. The molecule has 142 valence electrons.